The molecule has 0 rings (SSSR count). The summed E-state index contributed by atoms with van der Waals surface area (Å²) < 4.78 is 0. The van der Waals surface area contributed by atoms with E-state index in [1.54, 1.807) is 0 Å². The standard InChI is InChI=1S/CH3.Al.BH2.Mg.Ti.3H/h1H3;;1H2;;;;;/q;;+1;-1;;;;. The van der Waals surface area contributed by atoms with E-state index in [1.807, 2.05) is 0 Å². The Morgan fingerprint density at radius 3 is 1.60 bits per heavy atom. The zero-order valence-electron chi connectivity index (χ0n) is 3.21. The molecule has 0 bridgehead atoms. The molecule has 4 heteroatoms. The first kappa shape index (κ1) is 15.7. The molecule has 0 spiro atoms. The van der Waals surface area contributed by atoms with Crippen LogP contribution in [0.3, 0.4) is 0 Å². The largest absolute Gasteiger partial charge is 0.313 e. The summed E-state index contributed by atoms with van der Waals surface area (Å²) in [5.74, 6) is 2.26. The van der Waals surface area contributed by atoms with Gasteiger partial charge >= 0.3 is 20.2 Å². The van der Waals surface area contributed by atoms with Crippen molar-refractivity contribution in [2.24, 2.45) is 0 Å². The summed E-state index contributed by atoms with van der Waals surface area (Å²) in [5.41, 5.74) is 0. The van der Waals surface area contributed by atoms with Crippen molar-refractivity contribution in [3.63, 3.8) is 0 Å². The average molecular weight is 130 g/mol. The van der Waals surface area contributed by atoms with E-state index >= 15 is 0 Å². The van der Waals surface area contributed by atoms with Gasteiger partial charge in [-0.25, -0.2) is 0 Å². The smallest absolute Gasteiger partial charge is 0.168 e. The molecular weight excluding hydrogens is 122 g/mol. The van der Waals surface area contributed by atoms with Crippen LogP contribution in [-0.2, 0) is 21.7 Å². The molecule has 0 saturated carbocycles. The van der Waals surface area contributed by atoms with Crippen molar-refractivity contribution < 1.29 is 21.7 Å². The van der Waals surface area contributed by atoms with Crippen LogP contribution in [0.1, 0.15) is 0 Å². The summed E-state index contributed by atoms with van der Waals surface area (Å²) in [4.78, 5) is 0. The van der Waals surface area contributed by atoms with Gasteiger partial charge in [-0.15, -0.1) is 0 Å². The second-order valence-electron chi connectivity index (χ2n) is 0.707. The van der Waals surface area contributed by atoms with Crippen LogP contribution in [0.15, 0.2) is 0 Å². The van der Waals surface area contributed by atoms with E-state index in [0.717, 1.165) is 0 Å². The molecule has 0 aliphatic rings. The fourth-order valence-corrected chi connectivity index (χ4v) is 0. The van der Waals surface area contributed by atoms with Gasteiger partial charge in [0.1, 0.15) is 0 Å². The molecule has 0 unspecified atom stereocenters. The zero-order chi connectivity index (χ0) is 2.71. The first-order chi connectivity index (χ1) is 1.41. The van der Waals surface area contributed by atoms with Crippen LogP contribution in [0.2, 0.25) is 5.05 Å². The number of hydrogen-bond acceptors (Lipinski definition) is 0. The van der Waals surface area contributed by atoms with Gasteiger partial charge in [-0.05, 0) is 5.83 Å². The third kappa shape index (κ3) is 23.4. The SMILES string of the molecule is [AlH3].[BH2][Mg][CH3].[Ti]. The van der Waals surface area contributed by atoms with Crippen LogP contribution >= 0.6 is 0 Å². The molecule has 0 aromatic rings. The van der Waals surface area contributed by atoms with Crippen LogP contribution < -0.4 is 0 Å². The van der Waals surface area contributed by atoms with Crippen molar-refractivity contribution >= 4 is 43.3 Å². The quantitative estimate of drug-likeness (QED) is 0.336. The number of hydrogen-bond donors (Lipinski definition) is 0. The van der Waals surface area contributed by atoms with Crippen molar-refractivity contribution in [2.75, 3.05) is 0 Å². The second-order valence-corrected chi connectivity index (χ2v) is 2.12. The molecule has 0 aromatic carbocycles. The predicted octanol–water partition coefficient (Wildman–Crippen LogP) is -1.90. The van der Waals surface area contributed by atoms with E-state index in [2.05, 4.69) is 10.9 Å². The van der Waals surface area contributed by atoms with Crippen LogP contribution in [0.4, 0.5) is 0 Å². The Labute approximate surface area is 69.4 Å². The van der Waals surface area contributed by atoms with Gasteiger partial charge in [0.25, 0.3) is 0 Å². The van der Waals surface area contributed by atoms with E-state index in [4.69, 9.17) is 0 Å². The molecule has 0 atom stereocenters. The molecule has 0 nitrogen and oxygen atoms in total. The molecule has 0 heterocycles. The second kappa shape index (κ2) is 16.5. The minimum atomic E-state index is 0. The van der Waals surface area contributed by atoms with Gasteiger partial charge in [-0.2, -0.15) is 5.05 Å². The minimum Gasteiger partial charge on any atom is -0.168 e. The Kier molecular flexibility index (Phi) is 52.0. The molecule has 0 aromatic heterocycles. The Morgan fingerprint density at radius 2 is 1.60 bits per heavy atom. The van der Waals surface area contributed by atoms with Crippen molar-refractivity contribution in [1.82, 2.24) is 0 Å². The van der Waals surface area contributed by atoms with Crippen molar-refractivity contribution in [2.45, 2.75) is 5.05 Å². The Morgan fingerprint density at radius 1 is 1.60 bits per heavy atom. The average Bonchev–Trinajstić information content (AvgIpc) is 0.918. The van der Waals surface area contributed by atoms with Crippen LogP contribution in [0.5, 0.6) is 0 Å². The molecule has 5 heavy (non-hydrogen) atoms. The molecular formula is CH8AlBMgTi. The number of rotatable bonds is 0. The fraction of sp³-hybridized carbons (Fsp3) is 1.00. The molecule has 0 amide bonds. The minimum absolute atomic E-state index is 0. The monoisotopic (exact) mass is 130 g/mol. The van der Waals surface area contributed by atoms with Gasteiger partial charge in [-0.3, -0.25) is 0 Å². The molecule has 0 radical (unpaired) electrons. The van der Waals surface area contributed by atoms with Gasteiger partial charge in [0.2, 0.25) is 0 Å². The van der Waals surface area contributed by atoms with Crippen LogP contribution in [0, 0.1) is 0 Å². The van der Waals surface area contributed by atoms with Gasteiger partial charge in [0.15, 0.2) is 17.4 Å². The van der Waals surface area contributed by atoms with Crippen molar-refractivity contribution in [3.05, 3.63) is 0 Å². The maximum absolute atomic E-state index is 2.26. The normalized spacial score (nSPS) is 1.80. The maximum atomic E-state index is 2.26. The Balaban J connectivity index is -0.0000000200. The van der Waals surface area contributed by atoms with E-state index in [-0.39, 0.29) is 39.1 Å². The van der Waals surface area contributed by atoms with E-state index in [1.165, 1.54) is 0 Å². The van der Waals surface area contributed by atoms with E-state index in [0.29, 0.717) is 20.2 Å². The molecule has 0 aliphatic carbocycles. The third-order valence-electron chi connectivity index (χ3n) is 0. The van der Waals surface area contributed by atoms with Crippen LogP contribution in [0.25, 0.3) is 0 Å². The Hall–Kier alpha value is 2.08. The summed E-state index contributed by atoms with van der Waals surface area (Å²) in [7, 11) is 0. The molecule has 24 valence electrons. The fourth-order valence-electron chi connectivity index (χ4n) is 0. The summed E-state index contributed by atoms with van der Waals surface area (Å²) in [6.45, 7) is 0. The molecule has 0 fully saturated rings. The van der Waals surface area contributed by atoms with Crippen LogP contribution in [-0.4, -0.2) is 43.3 Å². The van der Waals surface area contributed by atoms with Gasteiger partial charge in [0, 0.05) is 21.7 Å². The first-order valence-electron chi connectivity index (χ1n) is 1.41. The topological polar surface area (TPSA) is 0 Å². The van der Waals surface area contributed by atoms with Gasteiger partial charge < -0.3 is 0 Å². The summed E-state index contributed by atoms with van der Waals surface area (Å²) in [6, 6.07) is 0. The van der Waals surface area contributed by atoms with Gasteiger partial charge in [0.05, 0.1) is 0 Å². The first-order valence-corrected chi connectivity index (χ1v) is 4.24. The van der Waals surface area contributed by atoms with Gasteiger partial charge in [-0.1, -0.05) is 0 Å². The summed E-state index contributed by atoms with van der Waals surface area (Å²) in [6.07, 6.45) is 0. The van der Waals surface area contributed by atoms with E-state index in [9.17, 15) is 0 Å². The zero-order valence-corrected chi connectivity index (χ0v) is 6.18. The van der Waals surface area contributed by atoms with Crippen molar-refractivity contribution in [1.29, 1.82) is 0 Å². The molecule has 0 aliphatic heterocycles. The third-order valence-corrected chi connectivity index (χ3v) is 0. The summed E-state index contributed by atoms with van der Waals surface area (Å²) in [5, 5.41) is 2.26. The predicted molar refractivity (Wildman–Crippen MR) is 30.1 cm³/mol. The van der Waals surface area contributed by atoms with Crippen molar-refractivity contribution in [3.8, 4) is 0 Å². The molecule has 0 N–H and O–H groups in total. The van der Waals surface area contributed by atoms with E-state index < -0.39 is 0 Å². The summed E-state index contributed by atoms with van der Waals surface area (Å²) >= 11 is 0.417. The Bertz CT molecular complexity index is 11.6. The maximum Gasteiger partial charge on any atom is 0.313 e. The molecule has 0 saturated heterocycles.